The third kappa shape index (κ3) is 4.18. The van der Waals surface area contributed by atoms with Gasteiger partial charge in [-0.3, -0.25) is 4.79 Å². The van der Waals surface area contributed by atoms with Crippen LogP contribution >= 0.6 is 0 Å². The maximum atomic E-state index is 11.6. The molecule has 0 bridgehead atoms. The Labute approximate surface area is 107 Å². The van der Waals surface area contributed by atoms with Crippen LogP contribution in [-0.2, 0) is 9.53 Å². The van der Waals surface area contributed by atoms with Crippen LogP contribution in [0.4, 0.5) is 4.79 Å². The van der Waals surface area contributed by atoms with E-state index in [-0.39, 0.29) is 19.2 Å². The zero-order valence-corrected chi connectivity index (χ0v) is 11.1. The molecular formula is C12H22N2O4. The van der Waals surface area contributed by atoms with Crippen LogP contribution in [0.15, 0.2) is 0 Å². The third-order valence-electron chi connectivity index (χ3n) is 3.44. The number of carbonyl (C=O) groups is 2. The average Bonchev–Trinajstić information content (AvgIpc) is 2.73. The summed E-state index contributed by atoms with van der Waals surface area (Å²) in [4.78, 5) is 22.5. The highest BCUT2D eigenvalue weighted by Gasteiger charge is 2.35. The maximum absolute atomic E-state index is 11.6. The largest absolute Gasteiger partial charge is 0.481 e. The average molecular weight is 258 g/mol. The number of hydrogen-bond donors (Lipinski definition) is 3. The van der Waals surface area contributed by atoms with E-state index in [0.717, 1.165) is 0 Å². The van der Waals surface area contributed by atoms with Gasteiger partial charge in [-0.15, -0.1) is 0 Å². The van der Waals surface area contributed by atoms with Gasteiger partial charge in [-0.1, -0.05) is 20.8 Å². The Hall–Kier alpha value is -1.30. The molecule has 1 saturated heterocycles. The molecule has 3 N–H and O–H groups in total. The van der Waals surface area contributed by atoms with Crippen LogP contribution in [0.25, 0.3) is 0 Å². The quantitative estimate of drug-likeness (QED) is 0.676. The molecule has 0 saturated carbocycles. The van der Waals surface area contributed by atoms with E-state index in [1.54, 1.807) is 0 Å². The number of carboxylic acid groups (broad SMARTS) is 1. The van der Waals surface area contributed by atoms with Crippen LogP contribution in [0.5, 0.6) is 0 Å². The highest BCUT2D eigenvalue weighted by atomic mass is 16.5. The molecule has 0 spiro atoms. The van der Waals surface area contributed by atoms with Crippen molar-refractivity contribution in [2.24, 2.45) is 17.8 Å². The van der Waals surface area contributed by atoms with E-state index >= 15 is 0 Å². The van der Waals surface area contributed by atoms with Crippen molar-refractivity contribution >= 4 is 12.0 Å². The molecule has 104 valence electrons. The minimum absolute atomic E-state index is 0.155. The molecule has 1 fully saturated rings. The van der Waals surface area contributed by atoms with E-state index in [0.29, 0.717) is 18.4 Å². The van der Waals surface area contributed by atoms with Gasteiger partial charge in [0.2, 0.25) is 0 Å². The predicted octanol–water partition coefficient (Wildman–Crippen LogP) is 0.677. The Morgan fingerprint density at radius 2 is 2.00 bits per heavy atom. The summed E-state index contributed by atoms with van der Waals surface area (Å²) in [7, 11) is 0. The molecule has 1 aliphatic rings. The van der Waals surface area contributed by atoms with Gasteiger partial charge in [0.05, 0.1) is 19.3 Å². The van der Waals surface area contributed by atoms with Crippen molar-refractivity contribution in [1.82, 2.24) is 10.6 Å². The van der Waals surface area contributed by atoms with Crippen LogP contribution < -0.4 is 10.6 Å². The summed E-state index contributed by atoms with van der Waals surface area (Å²) >= 11 is 0. The first-order valence-corrected chi connectivity index (χ1v) is 6.26. The number of ether oxygens (including phenoxy) is 1. The predicted molar refractivity (Wildman–Crippen MR) is 66.3 cm³/mol. The lowest BCUT2D eigenvalue weighted by molar-refractivity contribution is -0.142. The smallest absolute Gasteiger partial charge is 0.315 e. The second-order valence-electron chi connectivity index (χ2n) is 5.16. The first-order valence-electron chi connectivity index (χ1n) is 6.26. The molecule has 1 rings (SSSR count). The van der Waals surface area contributed by atoms with Crippen molar-refractivity contribution in [3.8, 4) is 0 Å². The lowest BCUT2D eigenvalue weighted by atomic mass is 9.98. The van der Waals surface area contributed by atoms with Crippen molar-refractivity contribution in [1.29, 1.82) is 0 Å². The van der Waals surface area contributed by atoms with Crippen molar-refractivity contribution in [2.75, 3.05) is 19.8 Å². The number of amides is 2. The summed E-state index contributed by atoms with van der Waals surface area (Å²) in [6.07, 6.45) is 0. The summed E-state index contributed by atoms with van der Waals surface area (Å²) in [6, 6.07) is -0.777. The Kier molecular flexibility index (Phi) is 5.40. The van der Waals surface area contributed by atoms with Crippen molar-refractivity contribution in [3.63, 3.8) is 0 Å². The van der Waals surface area contributed by atoms with Crippen molar-refractivity contribution in [2.45, 2.75) is 26.8 Å². The molecule has 1 heterocycles. The number of hydrogen-bond acceptors (Lipinski definition) is 3. The van der Waals surface area contributed by atoms with Crippen LogP contribution in [0.1, 0.15) is 20.8 Å². The van der Waals surface area contributed by atoms with Gasteiger partial charge >= 0.3 is 12.0 Å². The zero-order chi connectivity index (χ0) is 13.7. The summed E-state index contributed by atoms with van der Waals surface area (Å²) in [5.74, 6) is -0.718. The van der Waals surface area contributed by atoms with E-state index < -0.39 is 17.9 Å². The third-order valence-corrected chi connectivity index (χ3v) is 3.44. The van der Waals surface area contributed by atoms with Crippen molar-refractivity contribution < 1.29 is 19.4 Å². The van der Waals surface area contributed by atoms with Gasteiger partial charge in [-0.25, -0.2) is 4.79 Å². The van der Waals surface area contributed by atoms with Crippen LogP contribution in [-0.4, -0.2) is 42.9 Å². The molecule has 6 heteroatoms. The molecule has 0 aromatic carbocycles. The Morgan fingerprint density at radius 1 is 1.33 bits per heavy atom. The second-order valence-corrected chi connectivity index (χ2v) is 5.16. The molecule has 18 heavy (non-hydrogen) atoms. The fourth-order valence-electron chi connectivity index (χ4n) is 1.65. The number of aliphatic carboxylic acids is 1. The summed E-state index contributed by atoms with van der Waals surface area (Å²) in [6.45, 7) is 7.23. The molecule has 0 aromatic heterocycles. The van der Waals surface area contributed by atoms with E-state index in [1.165, 1.54) is 0 Å². The zero-order valence-electron chi connectivity index (χ0n) is 11.1. The fourth-order valence-corrected chi connectivity index (χ4v) is 1.65. The minimum Gasteiger partial charge on any atom is -0.481 e. The topological polar surface area (TPSA) is 87.7 Å². The maximum Gasteiger partial charge on any atom is 0.315 e. The van der Waals surface area contributed by atoms with Crippen LogP contribution in [0.2, 0.25) is 0 Å². The van der Waals surface area contributed by atoms with Crippen LogP contribution in [0.3, 0.4) is 0 Å². The molecule has 3 unspecified atom stereocenters. The molecule has 0 aromatic rings. The summed E-state index contributed by atoms with van der Waals surface area (Å²) < 4.78 is 5.07. The van der Waals surface area contributed by atoms with Gasteiger partial charge in [0, 0.05) is 6.54 Å². The lowest BCUT2D eigenvalue weighted by Gasteiger charge is -2.19. The van der Waals surface area contributed by atoms with Crippen LogP contribution in [0, 0.1) is 17.8 Å². The highest BCUT2D eigenvalue weighted by molar-refractivity contribution is 5.77. The number of nitrogens with one attached hydrogen (secondary N) is 2. The number of urea groups is 1. The highest BCUT2D eigenvalue weighted by Crippen LogP contribution is 2.13. The number of carboxylic acids is 1. The molecule has 6 nitrogen and oxygen atoms in total. The molecule has 2 amide bonds. The molecule has 1 aliphatic heterocycles. The monoisotopic (exact) mass is 258 g/mol. The van der Waals surface area contributed by atoms with E-state index in [2.05, 4.69) is 31.4 Å². The summed E-state index contributed by atoms with van der Waals surface area (Å²) in [5, 5.41) is 14.3. The standard InChI is InChI=1S/C12H22N2O4/c1-7(2)8(3)4-13-12(17)14-10-6-18-5-9(10)11(15)16/h7-10H,4-6H2,1-3H3,(H,15,16)(H2,13,14,17). The first kappa shape index (κ1) is 14.8. The molecule has 0 aliphatic carbocycles. The minimum atomic E-state index is -0.937. The van der Waals surface area contributed by atoms with Gasteiger partial charge in [0.15, 0.2) is 0 Å². The Bertz CT molecular complexity index is 306. The van der Waals surface area contributed by atoms with E-state index in [9.17, 15) is 9.59 Å². The van der Waals surface area contributed by atoms with Crippen molar-refractivity contribution in [3.05, 3.63) is 0 Å². The number of rotatable bonds is 5. The normalized spacial score (nSPS) is 24.9. The van der Waals surface area contributed by atoms with E-state index in [4.69, 9.17) is 9.84 Å². The second kappa shape index (κ2) is 6.58. The van der Waals surface area contributed by atoms with Gasteiger partial charge in [-0.05, 0) is 11.8 Å². The fraction of sp³-hybridized carbons (Fsp3) is 0.833. The Balaban J connectivity index is 2.34. The molecular weight excluding hydrogens is 236 g/mol. The Morgan fingerprint density at radius 3 is 2.56 bits per heavy atom. The van der Waals surface area contributed by atoms with Gasteiger partial charge in [0.25, 0.3) is 0 Å². The molecule has 3 atom stereocenters. The lowest BCUT2D eigenvalue weighted by Crippen LogP contribution is -2.48. The number of carbonyl (C=O) groups excluding carboxylic acids is 1. The van der Waals surface area contributed by atoms with Gasteiger partial charge in [0.1, 0.15) is 5.92 Å². The van der Waals surface area contributed by atoms with Gasteiger partial charge < -0.3 is 20.5 Å². The first-order chi connectivity index (χ1) is 8.41. The molecule has 0 radical (unpaired) electrons. The summed E-state index contributed by atoms with van der Waals surface area (Å²) in [5.41, 5.74) is 0. The SMILES string of the molecule is CC(C)C(C)CNC(=O)NC1COCC1C(=O)O. The van der Waals surface area contributed by atoms with Gasteiger partial charge in [-0.2, -0.15) is 0 Å². The van der Waals surface area contributed by atoms with E-state index in [1.807, 2.05) is 0 Å².